The minimum absolute atomic E-state index is 0.0904. The van der Waals surface area contributed by atoms with Gasteiger partial charge in [-0.25, -0.2) is 9.59 Å². The molecule has 6 nitrogen and oxygen atoms in total. The Bertz CT molecular complexity index is 329. The summed E-state index contributed by atoms with van der Waals surface area (Å²) in [5.74, 6) is -1.11. The molecule has 0 unspecified atom stereocenters. The van der Waals surface area contributed by atoms with Gasteiger partial charge in [-0.05, 0) is 13.8 Å². The third-order valence-corrected chi connectivity index (χ3v) is 2.01. The molecule has 1 rings (SSSR count). The fourth-order valence-electron chi connectivity index (χ4n) is 1.04. The van der Waals surface area contributed by atoms with Crippen molar-refractivity contribution >= 4 is 11.9 Å². The van der Waals surface area contributed by atoms with Crippen LogP contribution in [-0.4, -0.2) is 37.7 Å². The maximum Gasteiger partial charge on any atom is 0.337 e. The molecular weight excluding hydrogens is 240 g/mol. The standard InChI is InChI=1S/C12H16O6/c1-7(2)10(13)17-9-5-15-12(16-6-9)18-11(14)8(3)4/h9,12H,1,3,5-6H2,2,4H3. The minimum atomic E-state index is -1.09. The van der Waals surface area contributed by atoms with Crippen LogP contribution in [0.15, 0.2) is 24.3 Å². The van der Waals surface area contributed by atoms with Crippen LogP contribution in [0.3, 0.4) is 0 Å². The predicted molar refractivity (Wildman–Crippen MR) is 61.3 cm³/mol. The molecule has 0 aromatic rings. The topological polar surface area (TPSA) is 71.1 Å². The number of esters is 2. The highest BCUT2D eigenvalue weighted by Gasteiger charge is 2.27. The van der Waals surface area contributed by atoms with Crippen LogP contribution in [0.1, 0.15) is 13.8 Å². The van der Waals surface area contributed by atoms with Gasteiger partial charge in [0.1, 0.15) is 6.10 Å². The van der Waals surface area contributed by atoms with Crippen molar-refractivity contribution < 1.29 is 28.5 Å². The van der Waals surface area contributed by atoms with Crippen LogP contribution in [0.25, 0.3) is 0 Å². The summed E-state index contributed by atoms with van der Waals surface area (Å²) in [6, 6.07) is 0. The van der Waals surface area contributed by atoms with E-state index < -0.39 is 24.5 Å². The molecule has 0 saturated carbocycles. The normalized spacial score (nSPS) is 23.0. The van der Waals surface area contributed by atoms with Gasteiger partial charge in [0.05, 0.1) is 13.2 Å². The Morgan fingerprint density at radius 3 is 1.89 bits per heavy atom. The first-order chi connectivity index (χ1) is 8.40. The Morgan fingerprint density at radius 1 is 1.00 bits per heavy atom. The molecule has 1 fully saturated rings. The zero-order chi connectivity index (χ0) is 13.7. The van der Waals surface area contributed by atoms with Gasteiger partial charge in [0.2, 0.25) is 0 Å². The van der Waals surface area contributed by atoms with E-state index in [1.165, 1.54) is 6.92 Å². The maximum atomic E-state index is 11.2. The van der Waals surface area contributed by atoms with Crippen molar-refractivity contribution in [1.82, 2.24) is 0 Å². The molecule has 0 aliphatic carbocycles. The van der Waals surface area contributed by atoms with Crippen LogP contribution in [0.4, 0.5) is 0 Å². The molecule has 0 aromatic carbocycles. The highest BCUT2D eigenvalue weighted by Crippen LogP contribution is 2.12. The first kappa shape index (κ1) is 14.4. The van der Waals surface area contributed by atoms with E-state index in [-0.39, 0.29) is 18.8 Å². The van der Waals surface area contributed by atoms with Gasteiger partial charge in [0, 0.05) is 11.1 Å². The average Bonchev–Trinajstić information content (AvgIpc) is 2.31. The largest absolute Gasteiger partial charge is 0.454 e. The van der Waals surface area contributed by atoms with Crippen LogP contribution in [0.5, 0.6) is 0 Å². The Morgan fingerprint density at radius 2 is 1.44 bits per heavy atom. The lowest BCUT2D eigenvalue weighted by molar-refractivity contribution is -0.314. The Balaban J connectivity index is 2.33. The van der Waals surface area contributed by atoms with Gasteiger partial charge in [0.25, 0.3) is 0 Å². The molecule has 1 aliphatic rings. The summed E-state index contributed by atoms with van der Waals surface area (Å²) in [7, 11) is 0. The van der Waals surface area contributed by atoms with E-state index in [1.807, 2.05) is 0 Å². The first-order valence-corrected chi connectivity index (χ1v) is 5.36. The van der Waals surface area contributed by atoms with Crippen molar-refractivity contribution in [3.8, 4) is 0 Å². The van der Waals surface area contributed by atoms with E-state index in [1.54, 1.807) is 6.92 Å². The molecule has 1 saturated heterocycles. The van der Waals surface area contributed by atoms with Gasteiger partial charge < -0.3 is 18.9 Å². The first-order valence-electron chi connectivity index (χ1n) is 5.36. The van der Waals surface area contributed by atoms with Crippen LogP contribution in [0, 0.1) is 0 Å². The monoisotopic (exact) mass is 256 g/mol. The fraction of sp³-hybridized carbons (Fsp3) is 0.500. The molecule has 0 bridgehead atoms. The smallest absolute Gasteiger partial charge is 0.337 e. The summed E-state index contributed by atoms with van der Waals surface area (Å²) < 4.78 is 20.0. The lowest BCUT2D eigenvalue weighted by atomic mass is 10.3. The van der Waals surface area contributed by atoms with Crippen LogP contribution >= 0.6 is 0 Å². The van der Waals surface area contributed by atoms with Crippen LogP contribution in [-0.2, 0) is 28.5 Å². The number of hydrogen-bond acceptors (Lipinski definition) is 6. The zero-order valence-corrected chi connectivity index (χ0v) is 10.4. The van der Waals surface area contributed by atoms with Gasteiger partial charge in [-0.3, -0.25) is 0 Å². The molecule has 18 heavy (non-hydrogen) atoms. The summed E-state index contributed by atoms with van der Waals surface area (Å²) in [5, 5.41) is 0. The van der Waals surface area contributed by atoms with E-state index in [2.05, 4.69) is 13.2 Å². The zero-order valence-electron chi connectivity index (χ0n) is 10.4. The van der Waals surface area contributed by atoms with E-state index in [0.29, 0.717) is 5.57 Å². The number of carbonyl (C=O) groups is 2. The molecule has 100 valence electrons. The molecule has 1 heterocycles. The molecular formula is C12H16O6. The molecule has 6 heteroatoms. The average molecular weight is 256 g/mol. The van der Waals surface area contributed by atoms with E-state index in [9.17, 15) is 9.59 Å². The van der Waals surface area contributed by atoms with Gasteiger partial charge in [-0.1, -0.05) is 13.2 Å². The van der Waals surface area contributed by atoms with Crippen LogP contribution in [0.2, 0.25) is 0 Å². The molecule has 0 N–H and O–H groups in total. The second kappa shape index (κ2) is 6.32. The lowest BCUT2D eigenvalue weighted by Crippen LogP contribution is -2.40. The molecule has 0 aromatic heterocycles. The van der Waals surface area contributed by atoms with Crippen molar-refractivity contribution in [3.63, 3.8) is 0 Å². The number of ether oxygens (including phenoxy) is 4. The summed E-state index contributed by atoms with van der Waals surface area (Å²) in [5.41, 5.74) is 0.545. The molecule has 0 radical (unpaired) electrons. The van der Waals surface area contributed by atoms with Gasteiger partial charge in [-0.2, -0.15) is 0 Å². The van der Waals surface area contributed by atoms with Crippen molar-refractivity contribution in [1.29, 1.82) is 0 Å². The van der Waals surface area contributed by atoms with E-state index in [4.69, 9.17) is 18.9 Å². The SMILES string of the molecule is C=C(C)C(=O)OC1COC(OC(=O)C(=C)C)OC1. The van der Waals surface area contributed by atoms with Crippen LogP contribution < -0.4 is 0 Å². The second-order valence-corrected chi connectivity index (χ2v) is 3.95. The quantitative estimate of drug-likeness (QED) is 0.550. The maximum absolute atomic E-state index is 11.2. The van der Waals surface area contributed by atoms with Crippen molar-refractivity contribution in [2.45, 2.75) is 26.4 Å². The highest BCUT2D eigenvalue weighted by molar-refractivity contribution is 5.87. The van der Waals surface area contributed by atoms with Crippen molar-refractivity contribution in [2.75, 3.05) is 13.2 Å². The lowest BCUT2D eigenvalue weighted by Gasteiger charge is -2.28. The molecule has 0 atom stereocenters. The predicted octanol–water partition coefficient (Wildman–Crippen LogP) is 0.924. The van der Waals surface area contributed by atoms with Crippen molar-refractivity contribution in [2.24, 2.45) is 0 Å². The Kier molecular flexibility index (Phi) is 5.06. The van der Waals surface area contributed by atoms with Gasteiger partial charge in [0.15, 0.2) is 0 Å². The fourth-order valence-corrected chi connectivity index (χ4v) is 1.04. The second-order valence-electron chi connectivity index (χ2n) is 3.95. The van der Waals surface area contributed by atoms with E-state index >= 15 is 0 Å². The molecule has 0 spiro atoms. The molecule has 1 aliphatic heterocycles. The molecule has 0 amide bonds. The number of carbonyl (C=O) groups excluding carboxylic acids is 2. The summed E-state index contributed by atoms with van der Waals surface area (Å²) in [6.07, 6.45) is -0.533. The summed E-state index contributed by atoms with van der Waals surface area (Å²) in [4.78, 5) is 22.4. The van der Waals surface area contributed by atoms with E-state index in [0.717, 1.165) is 0 Å². The Hall–Kier alpha value is -1.66. The highest BCUT2D eigenvalue weighted by atomic mass is 16.9. The number of rotatable bonds is 4. The van der Waals surface area contributed by atoms with Crippen molar-refractivity contribution in [3.05, 3.63) is 24.3 Å². The third-order valence-electron chi connectivity index (χ3n) is 2.01. The summed E-state index contributed by atoms with van der Waals surface area (Å²) >= 11 is 0. The Labute approximate surface area is 105 Å². The van der Waals surface area contributed by atoms with Gasteiger partial charge >= 0.3 is 18.4 Å². The minimum Gasteiger partial charge on any atom is -0.454 e. The van der Waals surface area contributed by atoms with Gasteiger partial charge in [-0.15, -0.1) is 0 Å². The summed E-state index contributed by atoms with van der Waals surface area (Å²) in [6.45, 7) is 9.04. The third kappa shape index (κ3) is 4.31. The number of hydrogen-bond donors (Lipinski definition) is 0.